The van der Waals surface area contributed by atoms with Gasteiger partial charge < -0.3 is 5.11 Å². The highest BCUT2D eigenvalue weighted by Crippen LogP contribution is 2.24. The molecule has 0 amide bonds. The first-order valence-corrected chi connectivity index (χ1v) is 5.51. The molecule has 0 radical (unpaired) electrons. The van der Waals surface area contributed by atoms with Gasteiger partial charge in [0, 0.05) is 6.07 Å². The van der Waals surface area contributed by atoms with E-state index in [0.717, 1.165) is 0 Å². The molecule has 0 saturated heterocycles. The minimum Gasteiger partial charge on any atom is -0.492 e. The minimum absolute atomic E-state index is 0.113. The van der Waals surface area contributed by atoms with Crippen molar-refractivity contribution in [2.45, 2.75) is 0 Å². The van der Waals surface area contributed by atoms with E-state index < -0.39 is 40.3 Å². The molecule has 19 heavy (non-hydrogen) atoms. The predicted molar refractivity (Wildman–Crippen MR) is 61.9 cm³/mol. The van der Waals surface area contributed by atoms with E-state index >= 15 is 0 Å². The van der Waals surface area contributed by atoms with Crippen molar-refractivity contribution < 1.29 is 18.3 Å². The summed E-state index contributed by atoms with van der Waals surface area (Å²) in [5.41, 5.74) is -3.50. The van der Waals surface area contributed by atoms with Crippen molar-refractivity contribution >= 4 is 15.9 Å². The van der Waals surface area contributed by atoms with Crippen LogP contribution in [0.25, 0.3) is 5.69 Å². The fourth-order valence-corrected chi connectivity index (χ4v) is 1.73. The van der Waals surface area contributed by atoms with Gasteiger partial charge in [0.2, 0.25) is 11.7 Å². The maximum absolute atomic E-state index is 13.6. The number of H-pyrrole nitrogens is 1. The second-order valence-corrected chi connectivity index (χ2v) is 4.30. The maximum atomic E-state index is 13.6. The number of aromatic amines is 1. The molecule has 1 heterocycles. The van der Waals surface area contributed by atoms with E-state index in [1.165, 1.54) is 4.98 Å². The number of hydrogen-bond acceptors (Lipinski definition) is 3. The Balaban J connectivity index is 2.88. The van der Waals surface area contributed by atoms with Crippen molar-refractivity contribution in [3.05, 3.63) is 54.9 Å². The maximum Gasteiger partial charge on any atom is 0.336 e. The van der Waals surface area contributed by atoms with Crippen LogP contribution in [-0.2, 0) is 0 Å². The molecule has 1 aromatic heterocycles. The van der Waals surface area contributed by atoms with Crippen LogP contribution < -0.4 is 11.2 Å². The first-order chi connectivity index (χ1) is 8.82. The zero-order valence-electron chi connectivity index (χ0n) is 8.88. The van der Waals surface area contributed by atoms with Gasteiger partial charge in [-0.25, -0.2) is 18.1 Å². The molecule has 0 aliphatic heterocycles. The van der Waals surface area contributed by atoms with Gasteiger partial charge in [-0.1, -0.05) is 0 Å². The highest BCUT2D eigenvalue weighted by Gasteiger charge is 2.19. The van der Waals surface area contributed by atoms with Crippen molar-refractivity contribution in [1.29, 1.82) is 0 Å². The van der Waals surface area contributed by atoms with E-state index in [9.17, 15) is 27.9 Å². The number of hydrogen-bond donors (Lipinski definition) is 2. The van der Waals surface area contributed by atoms with Crippen LogP contribution in [0.4, 0.5) is 13.2 Å². The summed E-state index contributed by atoms with van der Waals surface area (Å²) in [7, 11) is 0. The highest BCUT2D eigenvalue weighted by molar-refractivity contribution is 9.10. The third kappa shape index (κ3) is 2.16. The number of aromatic hydroxyl groups is 1. The molecule has 0 fully saturated rings. The van der Waals surface area contributed by atoms with E-state index in [-0.39, 0.29) is 9.04 Å². The highest BCUT2D eigenvalue weighted by atomic mass is 79.9. The lowest BCUT2D eigenvalue weighted by molar-refractivity contribution is 0.383. The van der Waals surface area contributed by atoms with E-state index in [4.69, 9.17) is 0 Å². The Bertz CT molecular complexity index is 785. The standard InChI is InChI=1S/C10H4BrF3N2O3/c11-3-1-5(13)6(2-4(3)12)16-9(18)7(14)8(17)15-10(16)19/h1-2,18H,(H,15,17,19). The van der Waals surface area contributed by atoms with Crippen LogP contribution in [0.3, 0.4) is 0 Å². The Kier molecular flexibility index (Phi) is 3.23. The Morgan fingerprint density at radius 3 is 2.42 bits per heavy atom. The average molecular weight is 337 g/mol. The molecule has 0 aliphatic carbocycles. The van der Waals surface area contributed by atoms with Crippen LogP contribution in [0.5, 0.6) is 5.88 Å². The molecule has 1 aromatic carbocycles. The molecule has 0 aliphatic rings. The van der Waals surface area contributed by atoms with Crippen LogP contribution in [0, 0.1) is 17.5 Å². The third-order valence-corrected chi connectivity index (χ3v) is 2.87. The monoisotopic (exact) mass is 336 g/mol. The molecular weight excluding hydrogens is 333 g/mol. The van der Waals surface area contributed by atoms with E-state index in [0.29, 0.717) is 12.1 Å². The van der Waals surface area contributed by atoms with Gasteiger partial charge in [0.1, 0.15) is 11.6 Å². The summed E-state index contributed by atoms with van der Waals surface area (Å²) >= 11 is 2.72. The third-order valence-electron chi connectivity index (χ3n) is 2.26. The molecule has 0 spiro atoms. The number of nitrogens with zero attached hydrogens (tertiary/aromatic N) is 1. The van der Waals surface area contributed by atoms with Crippen molar-refractivity contribution in [2.75, 3.05) is 0 Å². The van der Waals surface area contributed by atoms with Crippen LogP contribution in [0.15, 0.2) is 26.2 Å². The van der Waals surface area contributed by atoms with Crippen LogP contribution >= 0.6 is 15.9 Å². The van der Waals surface area contributed by atoms with Crippen LogP contribution in [0.2, 0.25) is 0 Å². The SMILES string of the molecule is O=c1[nH]c(=O)n(-c2cc(F)c(Br)cc2F)c(O)c1F. The smallest absolute Gasteiger partial charge is 0.336 e. The summed E-state index contributed by atoms with van der Waals surface area (Å²) in [4.78, 5) is 23.8. The number of rotatable bonds is 1. The Hall–Kier alpha value is -2.03. The van der Waals surface area contributed by atoms with Crippen molar-refractivity contribution in [2.24, 2.45) is 0 Å². The van der Waals surface area contributed by atoms with Crippen molar-refractivity contribution in [1.82, 2.24) is 9.55 Å². The van der Waals surface area contributed by atoms with Gasteiger partial charge in [0.25, 0.3) is 5.56 Å². The second-order valence-electron chi connectivity index (χ2n) is 3.45. The lowest BCUT2D eigenvalue weighted by Gasteiger charge is -2.09. The first kappa shape index (κ1) is 13.4. The molecule has 0 unspecified atom stereocenters. The molecule has 0 bridgehead atoms. The van der Waals surface area contributed by atoms with E-state index in [1.807, 2.05) is 0 Å². The number of aromatic nitrogens is 2. The summed E-state index contributed by atoms with van der Waals surface area (Å²) in [5.74, 6) is -5.12. The van der Waals surface area contributed by atoms with Gasteiger partial charge >= 0.3 is 5.69 Å². The fraction of sp³-hybridized carbons (Fsp3) is 0. The second kappa shape index (κ2) is 4.57. The zero-order chi connectivity index (χ0) is 14.3. The van der Waals surface area contributed by atoms with Gasteiger partial charge in [-0.15, -0.1) is 0 Å². The predicted octanol–water partition coefficient (Wildman–Crippen LogP) is 1.41. The summed E-state index contributed by atoms with van der Waals surface area (Å²) in [6.45, 7) is 0. The average Bonchev–Trinajstić information content (AvgIpc) is 2.33. The Labute approximate surface area is 111 Å². The lowest BCUT2D eigenvalue weighted by atomic mass is 10.3. The summed E-state index contributed by atoms with van der Waals surface area (Å²) in [5, 5.41) is 9.36. The molecule has 2 rings (SSSR count). The zero-order valence-corrected chi connectivity index (χ0v) is 10.5. The molecule has 2 aromatic rings. The van der Waals surface area contributed by atoms with Crippen molar-refractivity contribution in [3.8, 4) is 11.6 Å². The minimum atomic E-state index is -1.68. The van der Waals surface area contributed by atoms with Gasteiger partial charge in [0.15, 0.2) is 0 Å². The first-order valence-electron chi connectivity index (χ1n) is 4.71. The molecule has 0 atom stereocenters. The summed E-state index contributed by atoms with van der Waals surface area (Å²) < 4.78 is 40.0. The van der Waals surface area contributed by atoms with Gasteiger partial charge in [0.05, 0.1) is 10.2 Å². The number of benzene rings is 1. The molecule has 9 heteroatoms. The number of halogens is 4. The quantitative estimate of drug-likeness (QED) is 0.773. The van der Waals surface area contributed by atoms with Gasteiger partial charge in [-0.3, -0.25) is 9.78 Å². The Morgan fingerprint density at radius 2 is 1.79 bits per heavy atom. The van der Waals surface area contributed by atoms with Crippen LogP contribution in [-0.4, -0.2) is 14.7 Å². The van der Waals surface area contributed by atoms with E-state index in [1.54, 1.807) is 0 Å². The molecule has 100 valence electrons. The molecule has 2 N–H and O–H groups in total. The number of nitrogens with one attached hydrogen (secondary N) is 1. The molecule has 5 nitrogen and oxygen atoms in total. The normalized spacial score (nSPS) is 10.7. The van der Waals surface area contributed by atoms with Crippen LogP contribution in [0.1, 0.15) is 0 Å². The van der Waals surface area contributed by atoms with Gasteiger partial charge in [-0.2, -0.15) is 4.39 Å². The van der Waals surface area contributed by atoms with Crippen molar-refractivity contribution in [3.63, 3.8) is 0 Å². The van der Waals surface area contributed by atoms with Gasteiger partial charge in [-0.05, 0) is 22.0 Å². The van der Waals surface area contributed by atoms with E-state index in [2.05, 4.69) is 15.9 Å². The lowest BCUT2D eigenvalue weighted by Crippen LogP contribution is -2.31. The largest absolute Gasteiger partial charge is 0.492 e. The Morgan fingerprint density at radius 1 is 1.16 bits per heavy atom. The molecule has 0 saturated carbocycles. The topological polar surface area (TPSA) is 75.1 Å². The summed E-state index contributed by atoms with van der Waals surface area (Å²) in [6.07, 6.45) is 0. The summed E-state index contributed by atoms with van der Waals surface area (Å²) in [6, 6.07) is 1.26. The molecular formula is C10H4BrF3N2O3. The fourth-order valence-electron chi connectivity index (χ4n) is 1.41.